The lowest BCUT2D eigenvalue weighted by Crippen LogP contribution is -2.06. The van der Waals surface area contributed by atoms with Crippen LogP contribution in [0.2, 0.25) is 10.0 Å². The summed E-state index contributed by atoms with van der Waals surface area (Å²) in [5, 5.41) is 1.08. The highest BCUT2D eigenvalue weighted by Crippen LogP contribution is 2.41. The molecule has 0 amide bonds. The van der Waals surface area contributed by atoms with Crippen LogP contribution in [0.15, 0.2) is 36.4 Å². The first-order valence-electron chi connectivity index (χ1n) is 8.92. The van der Waals surface area contributed by atoms with Crippen molar-refractivity contribution >= 4 is 23.2 Å². The molecule has 0 aromatic heterocycles. The van der Waals surface area contributed by atoms with Crippen molar-refractivity contribution in [1.82, 2.24) is 0 Å². The zero-order chi connectivity index (χ0) is 18.8. The molecule has 142 valence electrons. The second-order valence-electron chi connectivity index (χ2n) is 5.92. The molecule has 0 atom stereocenters. The Morgan fingerprint density at radius 1 is 0.654 bits per heavy atom. The fraction of sp³-hybridized carbons (Fsp3) is 0.400. The number of hydrogen-bond acceptors (Lipinski definition) is 4. The molecule has 4 nitrogen and oxygen atoms in total. The van der Waals surface area contributed by atoms with Gasteiger partial charge in [0, 0.05) is 11.1 Å². The van der Waals surface area contributed by atoms with Gasteiger partial charge in [-0.2, -0.15) is 0 Å². The van der Waals surface area contributed by atoms with Gasteiger partial charge in [0.25, 0.3) is 0 Å². The van der Waals surface area contributed by atoms with Crippen molar-refractivity contribution in [3.05, 3.63) is 46.4 Å². The number of rotatable bonds is 11. The average Bonchev–Trinajstić information content (AvgIpc) is 2.65. The molecular weight excluding hydrogens is 371 g/mol. The van der Waals surface area contributed by atoms with Crippen LogP contribution in [-0.2, 0) is 0 Å². The van der Waals surface area contributed by atoms with Gasteiger partial charge in [-0.15, -0.1) is 0 Å². The van der Waals surface area contributed by atoms with Crippen LogP contribution in [0.5, 0.6) is 11.5 Å². The predicted octanol–water partition coefficient (Wildman–Crippen LogP) is 4.90. The molecule has 0 saturated heterocycles. The summed E-state index contributed by atoms with van der Waals surface area (Å²) in [7, 11) is 0. The van der Waals surface area contributed by atoms with Crippen LogP contribution >= 0.6 is 23.2 Å². The highest BCUT2D eigenvalue weighted by molar-refractivity contribution is 6.38. The van der Waals surface area contributed by atoms with E-state index in [1.54, 1.807) is 0 Å². The smallest absolute Gasteiger partial charge is 0.138 e. The summed E-state index contributed by atoms with van der Waals surface area (Å²) in [5.41, 5.74) is 12.6. The van der Waals surface area contributed by atoms with E-state index < -0.39 is 0 Å². The van der Waals surface area contributed by atoms with Gasteiger partial charge in [0.2, 0.25) is 0 Å². The Labute approximate surface area is 165 Å². The number of benzene rings is 2. The van der Waals surface area contributed by atoms with Gasteiger partial charge in [0.05, 0.1) is 23.3 Å². The maximum atomic E-state index is 6.57. The highest BCUT2D eigenvalue weighted by Gasteiger charge is 2.14. The number of nitrogens with two attached hydrogens (primary N) is 2. The summed E-state index contributed by atoms with van der Waals surface area (Å²) in [6.07, 6.45) is 3.77. The standard InChI is InChI=1S/C20H26Cl2N2O2/c21-19-15(7-4-9-17(19)25-13-3-1-2-11-23)16-8-5-10-18(20(16)22)26-14-6-12-24/h4-5,7-10H,1-3,6,11-14,23-24H2. The lowest BCUT2D eigenvalue weighted by Gasteiger charge is -2.14. The van der Waals surface area contributed by atoms with Crippen LogP contribution in [0, 0.1) is 0 Å². The molecule has 0 bridgehead atoms. The van der Waals surface area contributed by atoms with Crippen LogP contribution in [-0.4, -0.2) is 26.3 Å². The fourth-order valence-electron chi connectivity index (χ4n) is 2.53. The zero-order valence-corrected chi connectivity index (χ0v) is 16.4. The summed E-state index contributed by atoms with van der Waals surface area (Å²) < 4.78 is 11.5. The van der Waals surface area contributed by atoms with E-state index in [-0.39, 0.29) is 0 Å². The maximum absolute atomic E-state index is 6.57. The Hall–Kier alpha value is -1.46. The molecule has 0 spiro atoms. The van der Waals surface area contributed by atoms with Crippen molar-refractivity contribution < 1.29 is 9.47 Å². The minimum atomic E-state index is 0.527. The third-order valence-corrected chi connectivity index (χ3v) is 4.71. The van der Waals surface area contributed by atoms with E-state index >= 15 is 0 Å². The highest BCUT2D eigenvalue weighted by atomic mass is 35.5. The molecule has 2 aromatic carbocycles. The Morgan fingerprint density at radius 2 is 1.15 bits per heavy atom. The minimum absolute atomic E-state index is 0.527. The Balaban J connectivity index is 2.15. The maximum Gasteiger partial charge on any atom is 0.138 e. The topological polar surface area (TPSA) is 70.5 Å². The van der Waals surface area contributed by atoms with Crippen molar-refractivity contribution in [1.29, 1.82) is 0 Å². The van der Waals surface area contributed by atoms with Gasteiger partial charge in [-0.1, -0.05) is 47.5 Å². The number of hydrogen-bond donors (Lipinski definition) is 2. The Morgan fingerprint density at radius 3 is 1.65 bits per heavy atom. The Bertz CT molecular complexity index is 696. The molecule has 0 radical (unpaired) electrons. The summed E-state index contributed by atoms with van der Waals surface area (Å²) in [6.45, 7) is 2.42. The van der Waals surface area contributed by atoms with E-state index in [0.29, 0.717) is 47.8 Å². The minimum Gasteiger partial charge on any atom is -0.492 e. The van der Waals surface area contributed by atoms with Crippen molar-refractivity contribution in [2.75, 3.05) is 26.3 Å². The predicted molar refractivity (Wildman–Crippen MR) is 109 cm³/mol. The van der Waals surface area contributed by atoms with Gasteiger partial charge in [-0.25, -0.2) is 0 Å². The molecule has 6 heteroatoms. The molecule has 0 saturated carbocycles. The first kappa shape index (κ1) is 20.8. The molecule has 2 aromatic rings. The van der Waals surface area contributed by atoms with Crippen LogP contribution < -0.4 is 20.9 Å². The van der Waals surface area contributed by atoms with Gasteiger partial charge in [0.1, 0.15) is 11.5 Å². The molecular formula is C20H26Cl2N2O2. The molecule has 4 N–H and O–H groups in total. The molecule has 2 rings (SSSR count). The van der Waals surface area contributed by atoms with Crippen LogP contribution in [0.25, 0.3) is 11.1 Å². The van der Waals surface area contributed by atoms with E-state index in [1.807, 2.05) is 36.4 Å². The third-order valence-electron chi connectivity index (χ3n) is 3.93. The number of ether oxygens (including phenoxy) is 2. The first-order valence-corrected chi connectivity index (χ1v) is 9.67. The van der Waals surface area contributed by atoms with E-state index in [9.17, 15) is 0 Å². The van der Waals surface area contributed by atoms with Gasteiger partial charge in [-0.3, -0.25) is 0 Å². The SMILES string of the molecule is NCCCCCOc1cccc(-c2cccc(OCCCN)c2Cl)c1Cl. The molecule has 0 unspecified atom stereocenters. The lowest BCUT2D eigenvalue weighted by atomic mass is 10.0. The van der Waals surface area contributed by atoms with Crippen LogP contribution in [0.3, 0.4) is 0 Å². The van der Waals surface area contributed by atoms with E-state index in [0.717, 1.165) is 36.8 Å². The Kier molecular flexibility index (Phi) is 9.06. The van der Waals surface area contributed by atoms with Crippen LogP contribution in [0.1, 0.15) is 25.7 Å². The normalized spacial score (nSPS) is 10.8. The monoisotopic (exact) mass is 396 g/mol. The van der Waals surface area contributed by atoms with Gasteiger partial charge in [0.15, 0.2) is 0 Å². The van der Waals surface area contributed by atoms with Crippen molar-refractivity contribution in [3.63, 3.8) is 0 Å². The lowest BCUT2D eigenvalue weighted by molar-refractivity contribution is 0.306. The fourth-order valence-corrected chi connectivity index (χ4v) is 3.10. The van der Waals surface area contributed by atoms with Crippen molar-refractivity contribution in [3.8, 4) is 22.6 Å². The van der Waals surface area contributed by atoms with Crippen molar-refractivity contribution in [2.24, 2.45) is 11.5 Å². The molecule has 0 fully saturated rings. The summed E-state index contributed by atoms with van der Waals surface area (Å²) in [6, 6.07) is 11.4. The second-order valence-corrected chi connectivity index (χ2v) is 6.68. The van der Waals surface area contributed by atoms with Crippen molar-refractivity contribution in [2.45, 2.75) is 25.7 Å². The quantitative estimate of drug-likeness (QED) is 0.530. The summed E-state index contributed by atoms with van der Waals surface area (Å²) in [5.74, 6) is 1.28. The summed E-state index contributed by atoms with van der Waals surface area (Å²) >= 11 is 13.1. The average molecular weight is 397 g/mol. The van der Waals surface area contributed by atoms with Gasteiger partial charge in [-0.05, 0) is 50.9 Å². The molecule has 0 heterocycles. The summed E-state index contributed by atoms with van der Waals surface area (Å²) in [4.78, 5) is 0. The molecule has 0 aliphatic heterocycles. The van der Waals surface area contributed by atoms with E-state index in [2.05, 4.69) is 0 Å². The second kappa shape index (κ2) is 11.3. The molecule has 0 aliphatic rings. The molecule has 26 heavy (non-hydrogen) atoms. The van der Waals surface area contributed by atoms with E-state index in [1.165, 1.54) is 0 Å². The number of halogens is 2. The first-order chi connectivity index (χ1) is 12.7. The third kappa shape index (κ3) is 5.78. The largest absolute Gasteiger partial charge is 0.492 e. The number of unbranched alkanes of at least 4 members (excludes halogenated alkanes) is 2. The molecule has 0 aliphatic carbocycles. The van der Waals surface area contributed by atoms with Gasteiger partial charge >= 0.3 is 0 Å². The zero-order valence-electron chi connectivity index (χ0n) is 14.8. The van der Waals surface area contributed by atoms with Crippen LogP contribution in [0.4, 0.5) is 0 Å². The van der Waals surface area contributed by atoms with Gasteiger partial charge < -0.3 is 20.9 Å². The van der Waals surface area contributed by atoms with E-state index in [4.69, 9.17) is 44.1 Å².